The van der Waals surface area contributed by atoms with Crippen molar-refractivity contribution in [3.63, 3.8) is 0 Å². The number of aliphatic hydroxyl groups excluding tert-OH is 1. The molecule has 0 unspecified atom stereocenters. The molecule has 0 saturated carbocycles. The molecule has 0 radical (unpaired) electrons. The van der Waals surface area contributed by atoms with Gasteiger partial charge in [0.2, 0.25) is 0 Å². The van der Waals surface area contributed by atoms with Crippen LogP contribution in [0.3, 0.4) is 0 Å². The molecule has 0 aliphatic heterocycles. The predicted octanol–water partition coefficient (Wildman–Crippen LogP) is 3.78. The fourth-order valence-corrected chi connectivity index (χ4v) is 2.31. The lowest BCUT2D eigenvalue weighted by atomic mass is 10.1. The average Bonchev–Trinajstić information content (AvgIpc) is 2.43. The Bertz CT molecular complexity index is 568. The first-order valence-electron chi connectivity index (χ1n) is 6.40. The fraction of sp³-hybridized carbons (Fsp3) is 0.250. The van der Waals surface area contributed by atoms with E-state index in [9.17, 15) is 9.50 Å². The molecular formula is C16H18FNO. The number of anilines is 2. The molecule has 0 fully saturated rings. The van der Waals surface area contributed by atoms with Gasteiger partial charge in [0.15, 0.2) is 0 Å². The molecule has 0 heterocycles. The number of halogens is 1. The van der Waals surface area contributed by atoms with Crippen molar-refractivity contribution in [1.82, 2.24) is 0 Å². The van der Waals surface area contributed by atoms with Gasteiger partial charge in [0.05, 0.1) is 12.3 Å². The monoisotopic (exact) mass is 259 g/mol. The first-order valence-corrected chi connectivity index (χ1v) is 6.40. The third kappa shape index (κ3) is 2.61. The third-order valence-electron chi connectivity index (χ3n) is 3.23. The second-order valence-corrected chi connectivity index (χ2v) is 4.44. The predicted molar refractivity (Wildman–Crippen MR) is 76.2 cm³/mol. The van der Waals surface area contributed by atoms with Crippen molar-refractivity contribution >= 4 is 11.4 Å². The van der Waals surface area contributed by atoms with Crippen LogP contribution in [0.2, 0.25) is 0 Å². The van der Waals surface area contributed by atoms with Gasteiger partial charge in [-0.1, -0.05) is 30.3 Å². The van der Waals surface area contributed by atoms with Gasteiger partial charge in [0, 0.05) is 17.8 Å². The Morgan fingerprint density at radius 1 is 1.11 bits per heavy atom. The Kier molecular flexibility index (Phi) is 4.17. The molecule has 0 spiro atoms. The lowest BCUT2D eigenvalue weighted by Crippen LogP contribution is -2.20. The Labute approximate surface area is 113 Å². The zero-order chi connectivity index (χ0) is 13.8. The van der Waals surface area contributed by atoms with E-state index in [-0.39, 0.29) is 12.4 Å². The van der Waals surface area contributed by atoms with Crippen LogP contribution in [0.5, 0.6) is 0 Å². The van der Waals surface area contributed by atoms with Gasteiger partial charge in [-0.25, -0.2) is 4.39 Å². The molecule has 2 aromatic carbocycles. The number of hydrogen-bond acceptors (Lipinski definition) is 2. The highest BCUT2D eigenvalue weighted by Gasteiger charge is 2.17. The molecule has 2 rings (SSSR count). The van der Waals surface area contributed by atoms with Crippen LogP contribution in [-0.2, 0) is 6.61 Å². The van der Waals surface area contributed by atoms with Crippen LogP contribution in [0.4, 0.5) is 15.8 Å². The van der Waals surface area contributed by atoms with Crippen molar-refractivity contribution in [3.8, 4) is 0 Å². The molecule has 1 N–H and O–H groups in total. The van der Waals surface area contributed by atoms with E-state index < -0.39 is 0 Å². The summed E-state index contributed by atoms with van der Waals surface area (Å²) in [6.07, 6.45) is 0. The summed E-state index contributed by atoms with van der Waals surface area (Å²) >= 11 is 0. The van der Waals surface area contributed by atoms with Crippen molar-refractivity contribution in [3.05, 3.63) is 59.4 Å². The lowest BCUT2D eigenvalue weighted by Gasteiger charge is -2.27. The van der Waals surface area contributed by atoms with Crippen molar-refractivity contribution < 1.29 is 9.50 Å². The summed E-state index contributed by atoms with van der Waals surface area (Å²) in [5.74, 6) is -0.309. The molecule has 0 atom stereocenters. The molecule has 2 aromatic rings. The van der Waals surface area contributed by atoms with E-state index in [4.69, 9.17) is 0 Å². The van der Waals surface area contributed by atoms with Crippen LogP contribution in [0.1, 0.15) is 18.1 Å². The highest BCUT2D eigenvalue weighted by molar-refractivity contribution is 5.69. The molecule has 100 valence electrons. The van der Waals surface area contributed by atoms with Gasteiger partial charge in [-0.15, -0.1) is 0 Å². The normalized spacial score (nSPS) is 10.5. The van der Waals surface area contributed by atoms with Crippen LogP contribution in [0.25, 0.3) is 0 Å². The van der Waals surface area contributed by atoms with E-state index in [2.05, 4.69) is 0 Å². The number of aliphatic hydroxyl groups is 1. The van der Waals surface area contributed by atoms with Gasteiger partial charge in [0.1, 0.15) is 5.82 Å². The molecule has 2 nitrogen and oxygen atoms in total. The second kappa shape index (κ2) is 5.85. The lowest BCUT2D eigenvalue weighted by molar-refractivity contribution is 0.281. The van der Waals surface area contributed by atoms with Crippen LogP contribution >= 0.6 is 0 Å². The summed E-state index contributed by atoms with van der Waals surface area (Å²) < 4.78 is 14.1. The van der Waals surface area contributed by atoms with Gasteiger partial charge >= 0.3 is 0 Å². The summed E-state index contributed by atoms with van der Waals surface area (Å²) in [5.41, 5.74) is 3.10. The molecule has 0 amide bonds. The number of para-hydroxylation sites is 2. The van der Waals surface area contributed by atoms with E-state index in [1.165, 1.54) is 6.07 Å². The average molecular weight is 259 g/mol. The van der Waals surface area contributed by atoms with Crippen LogP contribution in [0.15, 0.2) is 42.5 Å². The van der Waals surface area contributed by atoms with Crippen molar-refractivity contribution in [2.45, 2.75) is 20.5 Å². The van der Waals surface area contributed by atoms with E-state index in [1.54, 1.807) is 12.1 Å². The number of aryl methyl sites for hydroxylation is 1. The number of nitrogens with zero attached hydrogens (tertiary/aromatic N) is 1. The summed E-state index contributed by atoms with van der Waals surface area (Å²) in [7, 11) is 0. The van der Waals surface area contributed by atoms with Gasteiger partial charge in [-0.3, -0.25) is 0 Å². The van der Waals surface area contributed by atoms with E-state index in [0.717, 1.165) is 11.3 Å². The van der Waals surface area contributed by atoms with E-state index >= 15 is 0 Å². The molecule has 3 heteroatoms. The third-order valence-corrected chi connectivity index (χ3v) is 3.23. The molecule has 0 aliphatic rings. The Balaban J connectivity index is 2.58. The van der Waals surface area contributed by atoms with Crippen LogP contribution < -0.4 is 4.90 Å². The maximum absolute atomic E-state index is 14.1. The molecule has 0 bridgehead atoms. The largest absolute Gasteiger partial charge is 0.392 e. The first-order chi connectivity index (χ1) is 9.19. The van der Waals surface area contributed by atoms with Crippen molar-refractivity contribution in [2.75, 3.05) is 11.4 Å². The zero-order valence-corrected chi connectivity index (χ0v) is 11.2. The van der Waals surface area contributed by atoms with Gasteiger partial charge in [-0.05, 0) is 31.5 Å². The second-order valence-electron chi connectivity index (χ2n) is 4.44. The number of hydrogen-bond donors (Lipinski definition) is 1. The van der Waals surface area contributed by atoms with Gasteiger partial charge in [0.25, 0.3) is 0 Å². The molecule has 19 heavy (non-hydrogen) atoms. The van der Waals surface area contributed by atoms with E-state index in [1.807, 2.05) is 43.0 Å². The highest BCUT2D eigenvalue weighted by Crippen LogP contribution is 2.32. The van der Waals surface area contributed by atoms with Crippen molar-refractivity contribution in [2.24, 2.45) is 0 Å². The maximum atomic E-state index is 14.1. The highest BCUT2D eigenvalue weighted by atomic mass is 19.1. The topological polar surface area (TPSA) is 23.5 Å². The summed E-state index contributed by atoms with van der Waals surface area (Å²) in [6.45, 7) is 4.44. The molecule has 0 aromatic heterocycles. The summed E-state index contributed by atoms with van der Waals surface area (Å²) in [4.78, 5) is 1.90. The smallest absolute Gasteiger partial charge is 0.147 e. The first kappa shape index (κ1) is 13.6. The van der Waals surface area contributed by atoms with Gasteiger partial charge < -0.3 is 10.0 Å². The minimum Gasteiger partial charge on any atom is -0.392 e. The maximum Gasteiger partial charge on any atom is 0.147 e. The van der Waals surface area contributed by atoms with Gasteiger partial charge in [-0.2, -0.15) is 0 Å². The fourth-order valence-electron chi connectivity index (χ4n) is 2.31. The zero-order valence-electron chi connectivity index (χ0n) is 11.2. The Hall–Kier alpha value is -1.87. The SMILES string of the molecule is CCN(c1ccccc1C)c1c(F)cccc1CO. The number of benzene rings is 2. The minimum absolute atomic E-state index is 0.171. The van der Waals surface area contributed by atoms with Crippen molar-refractivity contribution in [1.29, 1.82) is 0 Å². The quantitative estimate of drug-likeness (QED) is 0.903. The Morgan fingerprint density at radius 2 is 1.84 bits per heavy atom. The molecule has 0 saturated heterocycles. The van der Waals surface area contributed by atoms with E-state index in [0.29, 0.717) is 17.8 Å². The van der Waals surface area contributed by atoms with Crippen LogP contribution in [0, 0.1) is 12.7 Å². The number of rotatable bonds is 4. The summed E-state index contributed by atoms with van der Waals surface area (Å²) in [6, 6.07) is 12.7. The Morgan fingerprint density at radius 3 is 2.47 bits per heavy atom. The molecule has 0 aliphatic carbocycles. The summed E-state index contributed by atoms with van der Waals surface area (Å²) in [5, 5.41) is 9.41. The van der Waals surface area contributed by atoms with Crippen LogP contribution in [-0.4, -0.2) is 11.7 Å². The standard InChI is InChI=1S/C16H18FNO/c1-3-18(15-10-5-4-7-12(15)2)16-13(11-19)8-6-9-14(16)17/h4-10,19H,3,11H2,1-2H3. The minimum atomic E-state index is -0.309. The molecular weight excluding hydrogens is 241 g/mol.